The molecule has 0 aliphatic heterocycles. The molecule has 5 nitrogen and oxygen atoms in total. The highest BCUT2D eigenvalue weighted by molar-refractivity contribution is 6.31. The first-order chi connectivity index (χ1) is 12.8. The monoisotopic (exact) mass is 390 g/mol. The van der Waals surface area contributed by atoms with E-state index >= 15 is 0 Å². The number of nitrogens with zero attached hydrogens (tertiary/aromatic N) is 3. The molecule has 1 atom stereocenters. The standard InChI is InChI=1S/C21H31ClN4O/c1-6-15(5)23-20(27)10-11-26(13-14(3)4)21-17-9-8-16(22)12-18(17)24-19(7-2)25-21/h8-9,12,14-15H,6-7,10-11,13H2,1-5H3,(H,23,27)/t15-/m1/s1. The van der Waals surface area contributed by atoms with Crippen LogP contribution in [0.2, 0.25) is 5.02 Å². The maximum Gasteiger partial charge on any atom is 0.221 e. The highest BCUT2D eigenvalue weighted by Crippen LogP contribution is 2.27. The molecule has 0 aliphatic rings. The normalized spacial score (nSPS) is 12.4. The minimum Gasteiger partial charge on any atom is -0.355 e. The zero-order chi connectivity index (χ0) is 20.0. The van der Waals surface area contributed by atoms with Gasteiger partial charge in [-0.2, -0.15) is 0 Å². The van der Waals surface area contributed by atoms with E-state index in [2.05, 4.69) is 36.0 Å². The van der Waals surface area contributed by atoms with E-state index < -0.39 is 0 Å². The Bertz CT molecular complexity index is 778. The fourth-order valence-electron chi connectivity index (χ4n) is 2.94. The maximum atomic E-state index is 12.3. The van der Waals surface area contributed by atoms with Crippen LogP contribution in [0, 0.1) is 5.92 Å². The quantitative estimate of drug-likeness (QED) is 0.679. The number of rotatable bonds is 9. The van der Waals surface area contributed by atoms with Crippen LogP contribution in [-0.2, 0) is 11.2 Å². The SMILES string of the molecule is CCc1nc(N(CCC(=O)N[C@H](C)CC)CC(C)C)c2ccc(Cl)cc2n1. The molecule has 148 valence electrons. The molecule has 1 amide bonds. The number of benzene rings is 1. The molecule has 2 rings (SSSR count). The van der Waals surface area contributed by atoms with Gasteiger partial charge in [0.25, 0.3) is 0 Å². The molecule has 1 aromatic carbocycles. The Balaban J connectivity index is 2.33. The third-order valence-corrected chi connectivity index (χ3v) is 4.75. The summed E-state index contributed by atoms with van der Waals surface area (Å²) in [7, 11) is 0. The summed E-state index contributed by atoms with van der Waals surface area (Å²) in [6.07, 6.45) is 2.12. The van der Waals surface area contributed by atoms with Gasteiger partial charge in [0, 0.05) is 42.4 Å². The first-order valence-electron chi connectivity index (χ1n) is 9.84. The van der Waals surface area contributed by atoms with E-state index in [0.29, 0.717) is 23.9 Å². The molecule has 27 heavy (non-hydrogen) atoms. The molecular weight excluding hydrogens is 360 g/mol. The summed E-state index contributed by atoms with van der Waals surface area (Å²) in [5.41, 5.74) is 0.849. The van der Waals surface area contributed by atoms with Crippen molar-refractivity contribution in [2.75, 3.05) is 18.0 Å². The van der Waals surface area contributed by atoms with Gasteiger partial charge in [0.15, 0.2) is 0 Å². The van der Waals surface area contributed by atoms with Crippen LogP contribution < -0.4 is 10.2 Å². The van der Waals surface area contributed by atoms with Crippen molar-refractivity contribution >= 4 is 34.2 Å². The van der Waals surface area contributed by atoms with Gasteiger partial charge in [-0.3, -0.25) is 4.79 Å². The summed E-state index contributed by atoms with van der Waals surface area (Å²) in [4.78, 5) is 23.9. The number of nitrogens with one attached hydrogen (secondary N) is 1. The van der Waals surface area contributed by atoms with Gasteiger partial charge in [0.2, 0.25) is 5.91 Å². The Labute approximate surface area is 167 Å². The van der Waals surface area contributed by atoms with E-state index in [9.17, 15) is 4.79 Å². The molecule has 1 heterocycles. The Hall–Kier alpha value is -1.88. The van der Waals surface area contributed by atoms with Crippen molar-refractivity contribution in [3.8, 4) is 0 Å². The number of fused-ring (bicyclic) bond motifs is 1. The first kappa shape index (κ1) is 21.4. The molecule has 0 saturated heterocycles. The van der Waals surface area contributed by atoms with Crippen LogP contribution in [0.5, 0.6) is 0 Å². The molecule has 0 radical (unpaired) electrons. The number of carbonyl (C=O) groups excluding carboxylic acids is 1. The number of aryl methyl sites for hydroxylation is 1. The zero-order valence-electron chi connectivity index (χ0n) is 17.1. The second-order valence-corrected chi connectivity index (χ2v) is 7.88. The van der Waals surface area contributed by atoms with Gasteiger partial charge in [-0.1, -0.05) is 39.3 Å². The van der Waals surface area contributed by atoms with Crippen LogP contribution in [0.4, 0.5) is 5.82 Å². The van der Waals surface area contributed by atoms with Crippen LogP contribution in [0.1, 0.15) is 53.3 Å². The second kappa shape index (κ2) is 9.88. The summed E-state index contributed by atoms with van der Waals surface area (Å²) in [6.45, 7) is 11.9. The molecule has 0 unspecified atom stereocenters. The molecule has 0 fully saturated rings. The third kappa shape index (κ3) is 6.06. The molecule has 0 bridgehead atoms. The van der Waals surface area contributed by atoms with Gasteiger partial charge in [0.05, 0.1) is 5.52 Å². The molecule has 0 spiro atoms. The van der Waals surface area contributed by atoms with Gasteiger partial charge in [-0.25, -0.2) is 9.97 Å². The predicted octanol–water partition coefficient (Wildman–Crippen LogP) is 4.61. The summed E-state index contributed by atoms with van der Waals surface area (Å²) in [6, 6.07) is 5.92. The van der Waals surface area contributed by atoms with Crippen molar-refractivity contribution in [2.24, 2.45) is 5.92 Å². The average Bonchev–Trinajstić information content (AvgIpc) is 2.63. The number of amides is 1. The fourth-order valence-corrected chi connectivity index (χ4v) is 3.11. The van der Waals surface area contributed by atoms with E-state index in [0.717, 1.165) is 41.9 Å². The molecule has 0 saturated carbocycles. The Morgan fingerprint density at radius 3 is 2.59 bits per heavy atom. The molecule has 1 aromatic heterocycles. The summed E-state index contributed by atoms with van der Waals surface area (Å²) >= 11 is 6.17. The third-order valence-electron chi connectivity index (χ3n) is 4.51. The van der Waals surface area contributed by atoms with Crippen LogP contribution >= 0.6 is 11.6 Å². The number of hydrogen-bond acceptors (Lipinski definition) is 4. The van der Waals surface area contributed by atoms with Crippen LogP contribution in [0.3, 0.4) is 0 Å². The topological polar surface area (TPSA) is 58.1 Å². The van der Waals surface area contributed by atoms with Gasteiger partial charge < -0.3 is 10.2 Å². The fraction of sp³-hybridized carbons (Fsp3) is 0.571. The lowest BCUT2D eigenvalue weighted by Crippen LogP contribution is -2.37. The number of carbonyl (C=O) groups is 1. The summed E-state index contributed by atoms with van der Waals surface area (Å²) < 4.78 is 0. The first-order valence-corrected chi connectivity index (χ1v) is 10.2. The van der Waals surface area contributed by atoms with Gasteiger partial charge >= 0.3 is 0 Å². The average molecular weight is 391 g/mol. The smallest absolute Gasteiger partial charge is 0.221 e. The maximum absolute atomic E-state index is 12.3. The number of hydrogen-bond donors (Lipinski definition) is 1. The molecule has 0 aliphatic carbocycles. The molecule has 1 N–H and O–H groups in total. The lowest BCUT2D eigenvalue weighted by atomic mass is 10.1. The molecular formula is C21H31ClN4O. The number of anilines is 1. The van der Waals surface area contributed by atoms with Crippen molar-refractivity contribution in [2.45, 2.75) is 59.9 Å². The molecule has 6 heteroatoms. The van der Waals surface area contributed by atoms with E-state index in [1.165, 1.54) is 0 Å². The van der Waals surface area contributed by atoms with Crippen molar-refractivity contribution in [3.05, 3.63) is 29.0 Å². The van der Waals surface area contributed by atoms with Gasteiger partial charge in [-0.15, -0.1) is 0 Å². The van der Waals surface area contributed by atoms with Crippen molar-refractivity contribution in [1.82, 2.24) is 15.3 Å². The Kier molecular flexibility index (Phi) is 7.84. The van der Waals surface area contributed by atoms with Crippen molar-refractivity contribution < 1.29 is 4.79 Å². The van der Waals surface area contributed by atoms with Crippen LogP contribution in [0.25, 0.3) is 10.9 Å². The van der Waals surface area contributed by atoms with Gasteiger partial charge in [-0.05, 0) is 37.5 Å². The van der Waals surface area contributed by atoms with Crippen molar-refractivity contribution in [1.29, 1.82) is 0 Å². The predicted molar refractivity (Wildman–Crippen MR) is 113 cm³/mol. The highest BCUT2D eigenvalue weighted by Gasteiger charge is 2.17. The lowest BCUT2D eigenvalue weighted by molar-refractivity contribution is -0.121. The van der Waals surface area contributed by atoms with Gasteiger partial charge in [0.1, 0.15) is 11.6 Å². The highest BCUT2D eigenvalue weighted by atomic mass is 35.5. The Morgan fingerprint density at radius 1 is 1.22 bits per heavy atom. The summed E-state index contributed by atoms with van der Waals surface area (Å²) in [5.74, 6) is 2.20. The van der Waals surface area contributed by atoms with E-state index in [1.54, 1.807) is 0 Å². The zero-order valence-corrected chi connectivity index (χ0v) is 17.8. The minimum absolute atomic E-state index is 0.0789. The van der Waals surface area contributed by atoms with E-state index in [-0.39, 0.29) is 11.9 Å². The largest absolute Gasteiger partial charge is 0.355 e. The van der Waals surface area contributed by atoms with Crippen LogP contribution in [0.15, 0.2) is 18.2 Å². The van der Waals surface area contributed by atoms with E-state index in [4.69, 9.17) is 16.6 Å². The van der Waals surface area contributed by atoms with Crippen molar-refractivity contribution in [3.63, 3.8) is 0 Å². The molecule has 2 aromatic rings. The Morgan fingerprint density at radius 2 is 1.96 bits per heavy atom. The van der Waals surface area contributed by atoms with E-state index in [1.807, 2.05) is 32.0 Å². The number of halogens is 1. The van der Waals surface area contributed by atoms with Crippen LogP contribution in [-0.4, -0.2) is 35.0 Å². The summed E-state index contributed by atoms with van der Waals surface area (Å²) in [5, 5.41) is 4.68. The number of aromatic nitrogens is 2. The second-order valence-electron chi connectivity index (χ2n) is 7.45. The minimum atomic E-state index is 0.0789. The lowest BCUT2D eigenvalue weighted by Gasteiger charge is -2.27.